The van der Waals surface area contributed by atoms with Gasteiger partial charge in [-0.1, -0.05) is 317 Å². The van der Waals surface area contributed by atoms with Crippen molar-refractivity contribution in [3.8, 4) is 0 Å². The molecular weight excluding hydrogens is 1380 g/mol. The number of carbonyl (C=O) groups excluding carboxylic acids is 4. The van der Waals surface area contributed by atoms with Crippen molar-refractivity contribution in [3.63, 3.8) is 0 Å². The van der Waals surface area contributed by atoms with E-state index < -0.39 is 97.5 Å². The van der Waals surface area contributed by atoms with Gasteiger partial charge in [-0.3, -0.25) is 37.3 Å². The molecule has 0 aliphatic rings. The van der Waals surface area contributed by atoms with Crippen LogP contribution in [0.4, 0.5) is 0 Å². The molecule has 0 aromatic heterocycles. The Bertz CT molecular complexity index is 2430. The number of phosphoric ester groups is 2. The van der Waals surface area contributed by atoms with Crippen LogP contribution in [0.2, 0.25) is 0 Å². The minimum Gasteiger partial charge on any atom is -0.462 e. The van der Waals surface area contributed by atoms with E-state index in [-0.39, 0.29) is 25.7 Å². The second kappa shape index (κ2) is 78.8. The van der Waals surface area contributed by atoms with Crippen molar-refractivity contribution in [3.05, 3.63) is 109 Å². The van der Waals surface area contributed by atoms with Gasteiger partial charge in [0.15, 0.2) is 12.2 Å². The zero-order chi connectivity index (χ0) is 77.4. The van der Waals surface area contributed by atoms with Gasteiger partial charge in [0.05, 0.1) is 26.4 Å². The number of ether oxygens (including phenoxy) is 4. The van der Waals surface area contributed by atoms with Crippen LogP contribution in [0.1, 0.15) is 362 Å². The number of phosphoric acid groups is 2. The van der Waals surface area contributed by atoms with Gasteiger partial charge in [0, 0.05) is 25.7 Å². The first kappa shape index (κ1) is 102. The Kier molecular flexibility index (Phi) is 75.6. The zero-order valence-electron chi connectivity index (χ0n) is 67.1. The number of allylic oxidation sites excluding steroid dienone is 18. The fourth-order valence-corrected chi connectivity index (χ4v) is 13.0. The van der Waals surface area contributed by atoms with Crippen LogP contribution in [-0.4, -0.2) is 96.7 Å². The summed E-state index contributed by atoms with van der Waals surface area (Å²) in [6, 6.07) is 0. The van der Waals surface area contributed by atoms with Crippen molar-refractivity contribution in [2.75, 3.05) is 39.6 Å². The van der Waals surface area contributed by atoms with Gasteiger partial charge in [0.2, 0.25) is 0 Å². The van der Waals surface area contributed by atoms with Crippen LogP contribution < -0.4 is 0 Å². The van der Waals surface area contributed by atoms with Crippen LogP contribution in [0.3, 0.4) is 0 Å². The molecule has 0 bridgehead atoms. The highest BCUT2D eigenvalue weighted by atomic mass is 31.2. The number of carbonyl (C=O) groups is 4. The minimum absolute atomic E-state index is 0.0804. The molecule has 0 heterocycles. The molecular formula is C87H152O17P2. The molecule has 0 aliphatic heterocycles. The molecule has 5 atom stereocenters. The smallest absolute Gasteiger partial charge is 0.462 e. The summed E-state index contributed by atoms with van der Waals surface area (Å²) in [5.41, 5.74) is 0. The largest absolute Gasteiger partial charge is 0.472 e. The SMILES string of the molecule is CC/C=C\C/C=C\C/C=C\CCCCCCCCCC(=O)OCC(COP(=O)(O)OCC(O)COP(=O)(O)OCC(COC(=O)CCCCCCCC/C=C\C/C=C\C/C=C\CCCCC)OC(=O)CCCCCCCCC/C=C\C/C=C\C/C=C\CC)OC(=O)CCCCCCCCCCCCCCC. The topological polar surface area (TPSA) is 237 Å². The molecule has 0 radical (unpaired) electrons. The second-order valence-electron chi connectivity index (χ2n) is 28.0. The standard InChI is InChI=1S/C87H152O17P2/c1-5-9-13-17-21-25-29-33-36-39-40-43-45-49-52-56-60-64-68-72-85(90)98-78-83(104-87(92)74-70-66-62-58-54-50-46-42-38-35-31-27-23-19-15-11-7-3)80-102-106(95,96)100-76-81(88)75-99-105(93,94)101-79-82(103-86(91)73-69-65-61-57-53-47-32-28-24-20-16-12-8-4)77-97-84(89)71-67-63-59-55-51-48-44-41-37-34-30-26-22-18-14-10-6-2/h10-11,14-15,21-23,25-27,33-38,40,43,81-83,88H,5-9,12-13,16-20,24,28-32,39,41-42,44-80H2,1-4H3,(H,93,94)(H,95,96)/b14-10-,15-11-,25-21-,26-22-,27-23-,36-33-,37-34-,38-35-,43-40-. The fraction of sp³-hybridized carbons (Fsp3) is 0.747. The summed E-state index contributed by atoms with van der Waals surface area (Å²) in [7, 11) is -9.97. The van der Waals surface area contributed by atoms with Crippen LogP contribution in [0.25, 0.3) is 0 Å². The van der Waals surface area contributed by atoms with Gasteiger partial charge >= 0.3 is 39.5 Å². The third kappa shape index (κ3) is 77.9. The van der Waals surface area contributed by atoms with Crippen molar-refractivity contribution in [2.24, 2.45) is 0 Å². The van der Waals surface area contributed by atoms with Crippen molar-refractivity contribution in [1.29, 1.82) is 0 Å². The predicted octanol–water partition coefficient (Wildman–Crippen LogP) is 24.9. The molecule has 0 aromatic rings. The van der Waals surface area contributed by atoms with E-state index in [1.165, 1.54) is 70.6 Å². The summed E-state index contributed by atoms with van der Waals surface area (Å²) in [6.07, 6.45) is 86.2. The minimum atomic E-state index is -4.99. The zero-order valence-corrected chi connectivity index (χ0v) is 68.9. The molecule has 19 heteroatoms. The van der Waals surface area contributed by atoms with Gasteiger partial charge in [-0.05, 0) is 128 Å². The first-order valence-electron chi connectivity index (χ1n) is 42.1. The van der Waals surface area contributed by atoms with E-state index in [1.807, 2.05) is 0 Å². The van der Waals surface area contributed by atoms with Crippen molar-refractivity contribution < 1.29 is 80.2 Å². The lowest BCUT2D eigenvalue weighted by Gasteiger charge is -2.21. The molecule has 106 heavy (non-hydrogen) atoms. The van der Waals surface area contributed by atoms with Crippen molar-refractivity contribution in [1.82, 2.24) is 0 Å². The van der Waals surface area contributed by atoms with E-state index in [1.54, 1.807) is 0 Å². The van der Waals surface area contributed by atoms with Crippen LogP contribution in [-0.2, 0) is 65.4 Å². The van der Waals surface area contributed by atoms with E-state index in [4.69, 9.17) is 37.0 Å². The van der Waals surface area contributed by atoms with E-state index in [9.17, 15) is 43.2 Å². The normalized spacial score (nSPS) is 14.4. The lowest BCUT2D eigenvalue weighted by Crippen LogP contribution is -2.30. The van der Waals surface area contributed by atoms with Crippen molar-refractivity contribution in [2.45, 2.75) is 380 Å². The average Bonchev–Trinajstić information content (AvgIpc) is 0.937. The van der Waals surface area contributed by atoms with Crippen LogP contribution in [0.15, 0.2) is 109 Å². The number of rotatable bonds is 79. The second-order valence-corrected chi connectivity index (χ2v) is 30.9. The quantitative estimate of drug-likeness (QED) is 0.0169. The van der Waals surface area contributed by atoms with Crippen LogP contribution in [0, 0.1) is 0 Å². The van der Waals surface area contributed by atoms with Gasteiger partial charge in [0.1, 0.15) is 19.3 Å². The molecule has 0 aromatic carbocycles. The number of unbranched alkanes of at least 4 members (excludes halogenated alkanes) is 35. The Balaban J connectivity index is 5.36. The highest BCUT2D eigenvalue weighted by Gasteiger charge is 2.30. The third-order valence-corrected chi connectivity index (χ3v) is 19.6. The highest BCUT2D eigenvalue weighted by molar-refractivity contribution is 7.47. The Morgan fingerprint density at radius 1 is 0.274 bits per heavy atom. The summed E-state index contributed by atoms with van der Waals surface area (Å²) in [5.74, 6) is -2.19. The molecule has 0 aliphatic carbocycles. The van der Waals surface area contributed by atoms with Gasteiger partial charge in [-0.2, -0.15) is 0 Å². The van der Waals surface area contributed by atoms with E-state index in [2.05, 4.69) is 137 Å². The summed E-state index contributed by atoms with van der Waals surface area (Å²) >= 11 is 0. The van der Waals surface area contributed by atoms with Crippen LogP contribution >= 0.6 is 15.6 Å². The molecule has 0 fully saturated rings. The molecule has 3 N–H and O–H groups in total. The van der Waals surface area contributed by atoms with Crippen molar-refractivity contribution >= 4 is 39.5 Å². The first-order chi connectivity index (χ1) is 51.7. The third-order valence-electron chi connectivity index (χ3n) is 17.7. The summed E-state index contributed by atoms with van der Waals surface area (Å²) in [5, 5.41) is 10.7. The Morgan fingerprint density at radius 3 is 0.774 bits per heavy atom. The maximum atomic E-state index is 13.1. The van der Waals surface area contributed by atoms with Gasteiger partial charge in [-0.15, -0.1) is 0 Å². The monoisotopic (exact) mass is 1530 g/mol. The number of hydrogen-bond acceptors (Lipinski definition) is 15. The highest BCUT2D eigenvalue weighted by Crippen LogP contribution is 2.45. The molecule has 0 rings (SSSR count). The Morgan fingerprint density at radius 2 is 0.491 bits per heavy atom. The summed E-state index contributed by atoms with van der Waals surface area (Å²) in [6.45, 7) is 4.65. The first-order valence-corrected chi connectivity index (χ1v) is 45.1. The molecule has 0 spiro atoms. The van der Waals surface area contributed by atoms with Gasteiger partial charge in [0.25, 0.3) is 0 Å². The summed E-state index contributed by atoms with van der Waals surface area (Å²) in [4.78, 5) is 73.2. The molecule has 5 unspecified atom stereocenters. The maximum Gasteiger partial charge on any atom is 0.472 e. The molecule has 17 nitrogen and oxygen atoms in total. The van der Waals surface area contributed by atoms with E-state index in [0.717, 1.165) is 212 Å². The summed E-state index contributed by atoms with van der Waals surface area (Å²) < 4.78 is 68.8. The number of hydrogen-bond donors (Lipinski definition) is 3. The predicted molar refractivity (Wildman–Crippen MR) is 436 cm³/mol. The Hall–Kier alpha value is -4.28. The maximum absolute atomic E-state index is 13.1. The number of esters is 4. The van der Waals surface area contributed by atoms with Gasteiger partial charge in [-0.25, -0.2) is 9.13 Å². The average molecular weight is 1530 g/mol. The number of aliphatic hydroxyl groups excluding tert-OH is 1. The van der Waals surface area contributed by atoms with Crippen LogP contribution in [0.5, 0.6) is 0 Å². The molecule has 0 saturated carbocycles. The number of aliphatic hydroxyl groups is 1. The van der Waals surface area contributed by atoms with E-state index in [0.29, 0.717) is 25.7 Å². The lowest BCUT2D eigenvalue weighted by atomic mass is 10.0. The Labute approximate surface area is 645 Å². The fourth-order valence-electron chi connectivity index (χ4n) is 11.4. The molecule has 0 amide bonds. The van der Waals surface area contributed by atoms with Gasteiger partial charge < -0.3 is 33.8 Å². The molecule has 0 saturated heterocycles. The lowest BCUT2D eigenvalue weighted by molar-refractivity contribution is -0.161. The molecule has 612 valence electrons. The van der Waals surface area contributed by atoms with E-state index >= 15 is 0 Å².